The van der Waals surface area contributed by atoms with E-state index in [2.05, 4.69) is 41.4 Å². The molecule has 7 heteroatoms. The maximum Gasteiger partial charge on any atom is 0.213 e. The lowest BCUT2D eigenvalue weighted by Gasteiger charge is -2.17. The second-order valence-electron chi connectivity index (χ2n) is 7.28. The van der Waals surface area contributed by atoms with Crippen LogP contribution in [0.2, 0.25) is 0 Å². The van der Waals surface area contributed by atoms with Crippen molar-refractivity contribution in [3.8, 4) is 11.5 Å². The van der Waals surface area contributed by atoms with Gasteiger partial charge in [-0.05, 0) is 31.2 Å². The molecule has 1 unspecified atom stereocenters. The Morgan fingerprint density at radius 3 is 2.41 bits per heavy atom. The Morgan fingerprint density at radius 2 is 1.85 bits per heavy atom. The Labute approximate surface area is 161 Å². The van der Waals surface area contributed by atoms with E-state index >= 15 is 0 Å². The van der Waals surface area contributed by atoms with Crippen LogP contribution in [-0.4, -0.2) is 37.7 Å². The Balaban J connectivity index is 1.78. The van der Waals surface area contributed by atoms with Gasteiger partial charge in [-0.1, -0.05) is 20.8 Å². The molecule has 2 N–H and O–H groups in total. The largest absolute Gasteiger partial charge is 0.497 e. The molecule has 0 aliphatic rings. The Bertz CT molecular complexity index is 732. The Kier molecular flexibility index (Phi) is 7.10. The molecule has 0 amide bonds. The fourth-order valence-corrected chi connectivity index (χ4v) is 2.29. The SMILES string of the molecule is CN=C(NCc1ncc(C(C)(C)C)o1)NCC(C)Oc1ccc(OC)cc1. The Hall–Kier alpha value is -2.70. The highest BCUT2D eigenvalue weighted by Gasteiger charge is 2.19. The monoisotopic (exact) mass is 374 g/mol. The van der Waals surface area contributed by atoms with Gasteiger partial charge < -0.3 is 24.5 Å². The van der Waals surface area contributed by atoms with Crippen LogP contribution in [-0.2, 0) is 12.0 Å². The summed E-state index contributed by atoms with van der Waals surface area (Å²) in [4.78, 5) is 8.52. The predicted molar refractivity (Wildman–Crippen MR) is 106 cm³/mol. The summed E-state index contributed by atoms with van der Waals surface area (Å²) in [5, 5.41) is 6.43. The fourth-order valence-electron chi connectivity index (χ4n) is 2.29. The first-order valence-electron chi connectivity index (χ1n) is 9.02. The van der Waals surface area contributed by atoms with Crippen molar-refractivity contribution < 1.29 is 13.9 Å². The van der Waals surface area contributed by atoms with E-state index in [-0.39, 0.29) is 11.5 Å². The minimum Gasteiger partial charge on any atom is -0.497 e. The number of nitrogens with one attached hydrogen (secondary N) is 2. The highest BCUT2D eigenvalue weighted by atomic mass is 16.5. The predicted octanol–water partition coefficient (Wildman–Crippen LogP) is 3.11. The van der Waals surface area contributed by atoms with Gasteiger partial charge in [0, 0.05) is 12.5 Å². The number of nitrogens with zero attached hydrogens (tertiary/aromatic N) is 2. The number of hydrogen-bond donors (Lipinski definition) is 2. The van der Waals surface area contributed by atoms with Crippen LogP contribution in [0.1, 0.15) is 39.3 Å². The molecule has 0 radical (unpaired) electrons. The number of oxazole rings is 1. The van der Waals surface area contributed by atoms with Gasteiger partial charge in [0.05, 0.1) is 26.4 Å². The van der Waals surface area contributed by atoms with Gasteiger partial charge in [-0.25, -0.2) is 4.98 Å². The van der Waals surface area contributed by atoms with Crippen molar-refractivity contribution in [3.63, 3.8) is 0 Å². The molecule has 1 heterocycles. The molecule has 0 aliphatic carbocycles. The van der Waals surface area contributed by atoms with E-state index in [0.29, 0.717) is 24.9 Å². The van der Waals surface area contributed by atoms with Gasteiger partial charge in [0.2, 0.25) is 5.89 Å². The molecule has 0 bridgehead atoms. The molecule has 0 fully saturated rings. The van der Waals surface area contributed by atoms with E-state index in [1.807, 2.05) is 31.2 Å². The first-order valence-corrected chi connectivity index (χ1v) is 9.02. The lowest BCUT2D eigenvalue weighted by Crippen LogP contribution is -2.41. The van der Waals surface area contributed by atoms with Gasteiger partial charge in [-0.2, -0.15) is 0 Å². The van der Waals surface area contributed by atoms with Crippen LogP contribution in [0.15, 0.2) is 39.9 Å². The van der Waals surface area contributed by atoms with Gasteiger partial charge in [-0.15, -0.1) is 0 Å². The topological polar surface area (TPSA) is 80.9 Å². The van der Waals surface area contributed by atoms with Crippen molar-refractivity contribution in [1.82, 2.24) is 15.6 Å². The number of rotatable bonds is 7. The van der Waals surface area contributed by atoms with E-state index in [9.17, 15) is 0 Å². The van der Waals surface area contributed by atoms with E-state index < -0.39 is 0 Å². The second kappa shape index (κ2) is 9.30. The average Bonchev–Trinajstić information content (AvgIpc) is 3.12. The van der Waals surface area contributed by atoms with Crippen LogP contribution < -0.4 is 20.1 Å². The average molecular weight is 374 g/mol. The lowest BCUT2D eigenvalue weighted by molar-refractivity contribution is 0.223. The minimum absolute atomic E-state index is 0.0359. The molecule has 1 aromatic heterocycles. The summed E-state index contributed by atoms with van der Waals surface area (Å²) in [6.45, 7) is 9.34. The molecular formula is C20H30N4O3. The number of aromatic nitrogens is 1. The quantitative estimate of drug-likeness (QED) is 0.572. The van der Waals surface area contributed by atoms with Crippen molar-refractivity contribution in [2.45, 2.75) is 45.8 Å². The summed E-state index contributed by atoms with van der Waals surface area (Å²) in [5.41, 5.74) is -0.0561. The summed E-state index contributed by atoms with van der Waals surface area (Å²) in [7, 11) is 3.36. The summed E-state index contributed by atoms with van der Waals surface area (Å²) in [6, 6.07) is 7.52. The van der Waals surface area contributed by atoms with Crippen molar-refractivity contribution in [2.75, 3.05) is 20.7 Å². The Morgan fingerprint density at radius 1 is 1.19 bits per heavy atom. The second-order valence-corrected chi connectivity index (χ2v) is 7.28. The van der Waals surface area contributed by atoms with Crippen molar-refractivity contribution in [2.24, 2.45) is 4.99 Å². The van der Waals surface area contributed by atoms with Crippen LogP contribution in [0.3, 0.4) is 0 Å². The molecule has 2 aromatic rings. The van der Waals surface area contributed by atoms with Crippen LogP contribution in [0.5, 0.6) is 11.5 Å². The number of benzene rings is 1. The highest BCUT2D eigenvalue weighted by molar-refractivity contribution is 5.79. The minimum atomic E-state index is -0.0561. The van der Waals surface area contributed by atoms with Crippen LogP contribution >= 0.6 is 0 Å². The molecule has 148 valence electrons. The van der Waals surface area contributed by atoms with Gasteiger partial charge in [-0.3, -0.25) is 4.99 Å². The number of methoxy groups -OCH3 is 1. The highest BCUT2D eigenvalue weighted by Crippen LogP contribution is 2.22. The lowest BCUT2D eigenvalue weighted by atomic mass is 9.94. The number of guanidine groups is 1. The van der Waals surface area contributed by atoms with E-state index in [1.165, 1.54) is 0 Å². The van der Waals surface area contributed by atoms with Crippen molar-refractivity contribution in [3.05, 3.63) is 42.1 Å². The first kappa shape index (κ1) is 20.6. The molecule has 27 heavy (non-hydrogen) atoms. The number of ether oxygens (including phenoxy) is 2. The zero-order valence-corrected chi connectivity index (χ0v) is 17.0. The van der Waals surface area contributed by atoms with Gasteiger partial charge in [0.25, 0.3) is 0 Å². The fraction of sp³-hybridized carbons (Fsp3) is 0.500. The standard InChI is InChI=1S/C20H30N4O3/c1-14(26-16-9-7-15(25-6)8-10-16)11-23-19(21-5)24-13-18-22-12-17(27-18)20(2,3)4/h7-10,12,14H,11,13H2,1-6H3,(H2,21,23,24). The van der Waals surface area contributed by atoms with Gasteiger partial charge in [0.15, 0.2) is 5.96 Å². The van der Waals surface area contributed by atoms with E-state index in [0.717, 1.165) is 17.3 Å². The molecule has 0 saturated heterocycles. The van der Waals surface area contributed by atoms with E-state index in [4.69, 9.17) is 13.9 Å². The van der Waals surface area contributed by atoms with Gasteiger partial charge >= 0.3 is 0 Å². The smallest absolute Gasteiger partial charge is 0.213 e. The van der Waals surface area contributed by atoms with Crippen molar-refractivity contribution in [1.29, 1.82) is 0 Å². The normalized spacial score (nSPS) is 13.2. The number of aliphatic imine (C=N–C) groups is 1. The van der Waals surface area contributed by atoms with Crippen LogP contribution in [0.4, 0.5) is 0 Å². The molecule has 0 aliphatic heterocycles. The summed E-state index contributed by atoms with van der Waals surface area (Å²) in [6.07, 6.45) is 1.74. The van der Waals surface area contributed by atoms with E-state index in [1.54, 1.807) is 20.4 Å². The molecule has 7 nitrogen and oxygen atoms in total. The molecule has 2 rings (SSSR count). The third kappa shape index (κ3) is 6.51. The summed E-state index contributed by atoms with van der Waals surface area (Å²) in [5.74, 6) is 3.76. The van der Waals surface area contributed by atoms with Crippen LogP contribution in [0.25, 0.3) is 0 Å². The maximum absolute atomic E-state index is 5.88. The number of hydrogen-bond acceptors (Lipinski definition) is 5. The third-order valence-electron chi connectivity index (χ3n) is 3.88. The molecule has 1 aromatic carbocycles. The molecule has 1 atom stereocenters. The first-order chi connectivity index (χ1) is 12.8. The zero-order valence-electron chi connectivity index (χ0n) is 17.0. The molecule has 0 spiro atoms. The third-order valence-corrected chi connectivity index (χ3v) is 3.88. The summed E-state index contributed by atoms with van der Waals surface area (Å²) < 4.78 is 16.8. The van der Waals surface area contributed by atoms with Crippen molar-refractivity contribution >= 4 is 5.96 Å². The molecular weight excluding hydrogens is 344 g/mol. The maximum atomic E-state index is 5.88. The summed E-state index contributed by atoms with van der Waals surface area (Å²) >= 11 is 0. The van der Waals surface area contributed by atoms with Gasteiger partial charge in [0.1, 0.15) is 23.4 Å². The zero-order chi connectivity index (χ0) is 19.9. The molecule has 0 saturated carbocycles. The van der Waals surface area contributed by atoms with Crippen LogP contribution in [0, 0.1) is 0 Å².